The largest absolute Gasteiger partial charge is 0.299 e. The summed E-state index contributed by atoms with van der Waals surface area (Å²) >= 11 is 0. The van der Waals surface area contributed by atoms with Crippen molar-refractivity contribution in [2.24, 2.45) is 28.6 Å². The lowest BCUT2D eigenvalue weighted by Crippen LogP contribution is -2.50. The van der Waals surface area contributed by atoms with Gasteiger partial charge in [-0.2, -0.15) is 0 Å². The van der Waals surface area contributed by atoms with Crippen LogP contribution in [0.25, 0.3) is 6.08 Å². The fourth-order valence-corrected chi connectivity index (χ4v) is 7.11. The number of ketones is 2. The van der Waals surface area contributed by atoms with Crippen molar-refractivity contribution in [3.8, 4) is 0 Å². The molecule has 0 spiro atoms. The van der Waals surface area contributed by atoms with Gasteiger partial charge >= 0.3 is 0 Å². The van der Waals surface area contributed by atoms with Gasteiger partial charge in [0.25, 0.3) is 0 Å². The molecule has 5 atom stereocenters. The number of benzene rings is 1. The first-order chi connectivity index (χ1) is 13.4. The Kier molecular flexibility index (Phi) is 4.05. The number of carbonyl (C=O) groups is 2. The molecular formula is C26H30O2. The van der Waals surface area contributed by atoms with Crippen LogP contribution in [-0.4, -0.2) is 11.6 Å². The van der Waals surface area contributed by atoms with Gasteiger partial charge in [0.05, 0.1) is 0 Å². The van der Waals surface area contributed by atoms with Crippen molar-refractivity contribution >= 4 is 17.6 Å². The third kappa shape index (κ3) is 2.53. The second-order valence-corrected chi connectivity index (χ2v) is 10.0. The maximum Gasteiger partial charge on any atom is 0.162 e. The monoisotopic (exact) mass is 374 g/mol. The van der Waals surface area contributed by atoms with Gasteiger partial charge in [0.1, 0.15) is 5.78 Å². The normalized spacial score (nSPS) is 41.3. The average molecular weight is 375 g/mol. The molecular weight excluding hydrogens is 344 g/mol. The van der Waals surface area contributed by atoms with Crippen LogP contribution < -0.4 is 0 Å². The Morgan fingerprint density at radius 1 is 1.00 bits per heavy atom. The summed E-state index contributed by atoms with van der Waals surface area (Å²) in [4.78, 5) is 25.5. The molecule has 4 aliphatic carbocycles. The Hall–Kier alpha value is -1.96. The Morgan fingerprint density at radius 3 is 2.54 bits per heavy atom. The lowest BCUT2D eigenvalue weighted by molar-refractivity contribution is -0.131. The minimum absolute atomic E-state index is 0.0738. The number of hydrogen-bond donors (Lipinski definition) is 0. The molecule has 0 radical (unpaired) electrons. The van der Waals surface area contributed by atoms with Gasteiger partial charge in [0.2, 0.25) is 0 Å². The molecule has 4 aliphatic rings. The summed E-state index contributed by atoms with van der Waals surface area (Å²) in [5, 5.41) is 0. The molecule has 28 heavy (non-hydrogen) atoms. The molecule has 5 unspecified atom stereocenters. The van der Waals surface area contributed by atoms with Crippen molar-refractivity contribution in [1.82, 2.24) is 0 Å². The van der Waals surface area contributed by atoms with Gasteiger partial charge in [0, 0.05) is 18.3 Å². The summed E-state index contributed by atoms with van der Waals surface area (Å²) in [6, 6.07) is 10.2. The van der Waals surface area contributed by atoms with Crippen molar-refractivity contribution in [2.75, 3.05) is 0 Å². The third-order valence-electron chi connectivity index (χ3n) is 8.74. The van der Waals surface area contributed by atoms with Crippen molar-refractivity contribution in [3.63, 3.8) is 0 Å². The Morgan fingerprint density at radius 2 is 1.75 bits per heavy atom. The number of fused-ring (bicyclic) bond motifs is 5. The van der Waals surface area contributed by atoms with E-state index in [-0.39, 0.29) is 10.8 Å². The molecule has 2 nitrogen and oxygen atoms in total. The zero-order chi connectivity index (χ0) is 19.5. The predicted octanol–water partition coefficient (Wildman–Crippen LogP) is 5.78. The summed E-state index contributed by atoms with van der Waals surface area (Å²) in [5.74, 6) is 2.53. The van der Waals surface area contributed by atoms with Crippen molar-refractivity contribution in [3.05, 3.63) is 53.1 Å². The molecule has 2 heteroatoms. The first-order valence-corrected chi connectivity index (χ1v) is 10.9. The van der Waals surface area contributed by atoms with Crippen LogP contribution in [0, 0.1) is 28.6 Å². The SMILES string of the molecule is CC12CCC3C(CC=C4CC(=O)/C(=C/c5ccccc5)CC43C)C1CCC2=O. The Balaban J connectivity index is 1.50. The average Bonchev–Trinajstić information content (AvgIpc) is 2.99. The summed E-state index contributed by atoms with van der Waals surface area (Å²) in [6.07, 6.45) is 11.0. The van der Waals surface area contributed by atoms with Crippen LogP contribution in [0.2, 0.25) is 0 Å². The molecule has 0 N–H and O–H groups in total. The van der Waals surface area contributed by atoms with Gasteiger partial charge in [-0.05, 0) is 72.5 Å². The molecule has 3 saturated carbocycles. The lowest BCUT2D eigenvalue weighted by Gasteiger charge is -2.56. The van der Waals surface area contributed by atoms with E-state index in [9.17, 15) is 9.59 Å². The maximum atomic E-state index is 12.9. The highest BCUT2D eigenvalue weighted by Crippen LogP contribution is 2.64. The lowest BCUT2D eigenvalue weighted by atomic mass is 9.47. The summed E-state index contributed by atoms with van der Waals surface area (Å²) in [7, 11) is 0. The summed E-state index contributed by atoms with van der Waals surface area (Å²) in [6.45, 7) is 4.64. The Bertz CT molecular complexity index is 892. The summed E-state index contributed by atoms with van der Waals surface area (Å²) in [5.41, 5.74) is 3.46. The van der Waals surface area contributed by atoms with E-state index in [0.717, 1.165) is 49.7 Å². The van der Waals surface area contributed by atoms with Gasteiger partial charge in [0.15, 0.2) is 5.78 Å². The number of hydrogen-bond acceptors (Lipinski definition) is 2. The van der Waals surface area contributed by atoms with Crippen LogP contribution in [0.1, 0.15) is 64.4 Å². The summed E-state index contributed by atoms with van der Waals surface area (Å²) < 4.78 is 0. The minimum atomic E-state index is -0.0872. The molecule has 0 aliphatic heterocycles. The van der Waals surface area contributed by atoms with Crippen LogP contribution in [0.4, 0.5) is 0 Å². The number of carbonyl (C=O) groups excluding carboxylic acids is 2. The second kappa shape index (κ2) is 6.27. The topological polar surface area (TPSA) is 34.1 Å². The molecule has 3 fully saturated rings. The van der Waals surface area contributed by atoms with Crippen LogP contribution in [-0.2, 0) is 9.59 Å². The first kappa shape index (κ1) is 18.1. The van der Waals surface area contributed by atoms with E-state index in [1.54, 1.807) is 0 Å². The molecule has 1 aromatic rings. The van der Waals surface area contributed by atoms with Gasteiger partial charge in [-0.1, -0.05) is 55.8 Å². The van der Waals surface area contributed by atoms with E-state index in [0.29, 0.717) is 35.7 Å². The maximum absolute atomic E-state index is 12.9. The molecule has 0 heterocycles. The Labute approximate surface area is 168 Å². The molecule has 0 saturated heterocycles. The predicted molar refractivity (Wildman–Crippen MR) is 112 cm³/mol. The highest BCUT2D eigenvalue weighted by atomic mass is 16.1. The van der Waals surface area contributed by atoms with Crippen LogP contribution in [0.3, 0.4) is 0 Å². The molecule has 1 aromatic carbocycles. The van der Waals surface area contributed by atoms with E-state index in [4.69, 9.17) is 0 Å². The highest BCUT2D eigenvalue weighted by molar-refractivity contribution is 6.02. The van der Waals surface area contributed by atoms with Crippen LogP contribution in [0.15, 0.2) is 47.6 Å². The molecule has 0 bridgehead atoms. The third-order valence-corrected chi connectivity index (χ3v) is 8.74. The standard InChI is InChI=1S/C26H30O2/c1-25-13-12-22-20(21(25)10-11-24(25)28)9-8-19-15-23(27)18(16-26(19,22)2)14-17-6-4-3-5-7-17/h3-8,14,20-22H,9-13,15-16H2,1-2H3/b18-14+. The van der Waals surface area contributed by atoms with E-state index < -0.39 is 0 Å². The molecule has 5 rings (SSSR count). The fraction of sp³-hybridized carbons (Fsp3) is 0.538. The van der Waals surface area contributed by atoms with Crippen LogP contribution in [0.5, 0.6) is 0 Å². The van der Waals surface area contributed by atoms with Gasteiger partial charge in [-0.3, -0.25) is 9.59 Å². The van der Waals surface area contributed by atoms with E-state index in [1.165, 1.54) is 5.57 Å². The van der Waals surface area contributed by atoms with E-state index in [1.807, 2.05) is 18.2 Å². The van der Waals surface area contributed by atoms with Gasteiger partial charge < -0.3 is 0 Å². The number of Topliss-reactive ketones (excluding diaryl/α,β-unsaturated/α-hetero) is 2. The van der Waals surface area contributed by atoms with Crippen molar-refractivity contribution in [1.29, 1.82) is 0 Å². The first-order valence-electron chi connectivity index (χ1n) is 10.9. The second-order valence-electron chi connectivity index (χ2n) is 10.0. The molecule has 0 amide bonds. The van der Waals surface area contributed by atoms with Crippen LogP contribution >= 0.6 is 0 Å². The zero-order valence-electron chi connectivity index (χ0n) is 17.0. The molecule has 0 aromatic heterocycles. The molecule has 146 valence electrons. The highest BCUT2D eigenvalue weighted by Gasteiger charge is 2.58. The number of rotatable bonds is 1. The van der Waals surface area contributed by atoms with Gasteiger partial charge in [-0.25, -0.2) is 0 Å². The zero-order valence-corrected chi connectivity index (χ0v) is 17.0. The van der Waals surface area contributed by atoms with E-state index in [2.05, 4.69) is 38.1 Å². The van der Waals surface area contributed by atoms with Crippen molar-refractivity contribution in [2.45, 2.75) is 58.8 Å². The number of allylic oxidation sites excluding steroid dienone is 3. The smallest absolute Gasteiger partial charge is 0.162 e. The van der Waals surface area contributed by atoms with E-state index >= 15 is 0 Å². The van der Waals surface area contributed by atoms with Gasteiger partial charge in [-0.15, -0.1) is 0 Å². The fourth-order valence-electron chi connectivity index (χ4n) is 7.11. The minimum Gasteiger partial charge on any atom is -0.299 e. The quantitative estimate of drug-likeness (QED) is 0.461. The van der Waals surface area contributed by atoms with Crippen molar-refractivity contribution < 1.29 is 9.59 Å².